The van der Waals surface area contributed by atoms with Crippen molar-refractivity contribution in [1.29, 1.82) is 0 Å². The van der Waals surface area contributed by atoms with Crippen molar-refractivity contribution in [1.82, 2.24) is 0 Å². The molecule has 23 heavy (non-hydrogen) atoms. The van der Waals surface area contributed by atoms with Crippen LogP contribution in [0.5, 0.6) is 0 Å². The van der Waals surface area contributed by atoms with E-state index in [1.165, 1.54) is 0 Å². The highest BCUT2D eigenvalue weighted by atomic mass is 32.2. The second-order valence-electron chi connectivity index (χ2n) is 6.03. The van der Waals surface area contributed by atoms with Gasteiger partial charge in [0.1, 0.15) is 10.7 Å². The van der Waals surface area contributed by atoms with Crippen molar-refractivity contribution >= 4 is 33.0 Å². The van der Waals surface area contributed by atoms with E-state index in [4.69, 9.17) is 5.73 Å². The first-order valence-corrected chi connectivity index (χ1v) is 9.03. The maximum absolute atomic E-state index is 12.9. The Hall–Kier alpha value is -1.93. The molecule has 1 amide bonds. The standard InChI is InChI=1S/C15H17FN2O3S2/c1-15(2,3)12-8-11(13(22-12)14(17)19)18-23(20,21)10-6-4-9(16)5-7-10/h4-8,18H,1-3H3,(H2,17,19). The zero-order valence-corrected chi connectivity index (χ0v) is 14.5. The van der Waals surface area contributed by atoms with Crippen LogP contribution in [0, 0.1) is 5.82 Å². The fraction of sp³-hybridized carbons (Fsp3) is 0.267. The van der Waals surface area contributed by atoms with Crippen molar-refractivity contribution in [2.45, 2.75) is 31.1 Å². The molecule has 124 valence electrons. The van der Waals surface area contributed by atoms with Crippen LogP contribution in [0.3, 0.4) is 0 Å². The van der Waals surface area contributed by atoms with Gasteiger partial charge in [-0.15, -0.1) is 11.3 Å². The second kappa shape index (κ2) is 5.93. The highest BCUT2D eigenvalue weighted by Gasteiger charge is 2.25. The number of nitrogens with one attached hydrogen (secondary N) is 1. The summed E-state index contributed by atoms with van der Waals surface area (Å²) in [5.74, 6) is -1.24. The van der Waals surface area contributed by atoms with E-state index in [2.05, 4.69) is 4.72 Å². The predicted molar refractivity (Wildman–Crippen MR) is 88.7 cm³/mol. The lowest BCUT2D eigenvalue weighted by Gasteiger charge is -2.15. The molecule has 0 spiro atoms. The lowest BCUT2D eigenvalue weighted by molar-refractivity contribution is 0.100. The molecule has 1 aromatic heterocycles. The number of halogens is 1. The third-order valence-corrected chi connectivity index (χ3v) is 6.02. The van der Waals surface area contributed by atoms with Crippen molar-refractivity contribution in [3.8, 4) is 0 Å². The zero-order chi connectivity index (χ0) is 17.4. The average Bonchev–Trinajstić information content (AvgIpc) is 2.82. The molecule has 2 rings (SSSR count). The summed E-state index contributed by atoms with van der Waals surface area (Å²) in [6.07, 6.45) is 0. The number of amides is 1. The number of benzene rings is 1. The molecule has 8 heteroatoms. The molecule has 0 radical (unpaired) electrons. The summed E-state index contributed by atoms with van der Waals surface area (Å²) in [5, 5.41) is 0. The maximum atomic E-state index is 12.9. The van der Waals surface area contributed by atoms with Gasteiger partial charge < -0.3 is 5.73 Å². The number of primary amides is 1. The van der Waals surface area contributed by atoms with Crippen LogP contribution in [0.4, 0.5) is 10.1 Å². The fourth-order valence-electron chi connectivity index (χ4n) is 1.84. The Labute approximate surface area is 138 Å². The third kappa shape index (κ3) is 3.89. The molecular formula is C15H17FN2O3S2. The molecule has 0 aliphatic heterocycles. The number of rotatable bonds is 4. The van der Waals surface area contributed by atoms with Gasteiger partial charge in [-0.05, 0) is 35.7 Å². The van der Waals surface area contributed by atoms with Crippen molar-refractivity contribution in [3.05, 3.63) is 45.9 Å². The minimum absolute atomic E-state index is 0.0992. The van der Waals surface area contributed by atoms with Crippen LogP contribution in [0.2, 0.25) is 0 Å². The van der Waals surface area contributed by atoms with Gasteiger partial charge in [0.05, 0.1) is 10.6 Å². The molecular weight excluding hydrogens is 339 g/mol. The molecule has 5 nitrogen and oxygen atoms in total. The van der Waals surface area contributed by atoms with Crippen LogP contribution < -0.4 is 10.5 Å². The summed E-state index contributed by atoms with van der Waals surface area (Å²) in [7, 11) is -3.94. The first-order chi connectivity index (χ1) is 10.5. The van der Waals surface area contributed by atoms with Crippen LogP contribution in [0.15, 0.2) is 35.2 Å². The second-order valence-corrected chi connectivity index (χ2v) is 8.76. The van der Waals surface area contributed by atoms with Gasteiger partial charge in [-0.25, -0.2) is 12.8 Å². The Morgan fingerprint density at radius 3 is 2.26 bits per heavy atom. The van der Waals surface area contributed by atoms with E-state index in [1.54, 1.807) is 6.07 Å². The van der Waals surface area contributed by atoms with Crippen LogP contribution in [0.1, 0.15) is 35.3 Å². The molecule has 0 fully saturated rings. The van der Waals surface area contributed by atoms with E-state index in [0.717, 1.165) is 40.5 Å². The monoisotopic (exact) mass is 356 g/mol. The van der Waals surface area contributed by atoms with E-state index >= 15 is 0 Å². The van der Waals surface area contributed by atoms with E-state index in [0.29, 0.717) is 0 Å². The Morgan fingerprint density at radius 1 is 1.22 bits per heavy atom. The Bertz CT molecular complexity index is 835. The summed E-state index contributed by atoms with van der Waals surface area (Å²) >= 11 is 1.15. The van der Waals surface area contributed by atoms with Gasteiger partial charge in [-0.1, -0.05) is 20.8 Å². The van der Waals surface area contributed by atoms with E-state index in [-0.39, 0.29) is 20.9 Å². The highest BCUT2D eigenvalue weighted by Crippen LogP contribution is 2.36. The highest BCUT2D eigenvalue weighted by molar-refractivity contribution is 7.92. The lowest BCUT2D eigenvalue weighted by atomic mass is 9.95. The number of sulfonamides is 1. The van der Waals surface area contributed by atoms with E-state index < -0.39 is 21.7 Å². The molecule has 1 aromatic carbocycles. The molecule has 0 saturated carbocycles. The lowest BCUT2D eigenvalue weighted by Crippen LogP contribution is -2.16. The summed E-state index contributed by atoms with van der Waals surface area (Å²) in [5.41, 5.74) is 5.22. The van der Waals surface area contributed by atoms with Crippen molar-refractivity contribution in [3.63, 3.8) is 0 Å². The smallest absolute Gasteiger partial charge is 0.261 e. The summed E-state index contributed by atoms with van der Waals surface area (Å²) in [6, 6.07) is 6.01. The summed E-state index contributed by atoms with van der Waals surface area (Å²) in [6.45, 7) is 5.84. The van der Waals surface area contributed by atoms with E-state index in [9.17, 15) is 17.6 Å². The first-order valence-electron chi connectivity index (χ1n) is 6.73. The van der Waals surface area contributed by atoms with Crippen molar-refractivity contribution in [2.75, 3.05) is 4.72 Å². The van der Waals surface area contributed by atoms with Gasteiger partial charge >= 0.3 is 0 Å². The van der Waals surface area contributed by atoms with Gasteiger partial charge in [0.15, 0.2) is 0 Å². The number of thiophene rings is 1. The van der Waals surface area contributed by atoms with Gasteiger partial charge in [-0.2, -0.15) is 0 Å². The number of carbonyl (C=O) groups is 1. The fourth-order valence-corrected chi connectivity index (χ4v) is 3.99. The molecule has 0 saturated heterocycles. The van der Waals surface area contributed by atoms with Crippen molar-refractivity contribution in [2.24, 2.45) is 5.73 Å². The maximum Gasteiger partial charge on any atom is 0.261 e. The zero-order valence-electron chi connectivity index (χ0n) is 12.9. The van der Waals surface area contributed by atoms with Crippen LogP contribution >= 0.6 is 11.3 Å². The third-order valence-electron chi connectivity index (χ3n) is 3.06. The van der Waals surface area contributed by atoms with Gasteiger partial charge in [0, 0.05) is 4.88 Å². The van der Waals surface area contributed by atoms with Crippen molar-refractivity contribution < 1.29 is 17.6 Å². The normalized spacial score (nSPS) is 12.2. The topological polar surface area (TPSA) is 89.3 Å². The largest absolute Gasteiger partial charge is 0.365 e. The Kier molecular flexibility index (Phi) is 4.50. The van der Waals surface area contributed by atoms with E-state index in [1.807, 2.05) is 20.8 Å². The van der Waals surface area contributed by atoms with Gasteiger partial charge in [0.25, 0.3) is 15.9 Å². The predicted octanol–water partition coefficient (Wildman–Crippen LogP) is 3.08. The van der Waals surface area contributed by atoms with Crippen LogP contribution in [0.25, 0.3) is 0 Å². The Balaban J connectivity index is 2.44. The molecule has 0 atom stereocenters. The quantitative estimate of drug-likeness (QED) is 0.882. The minimum Gasteiger partial charge on any atom is -0.365 e. The summed E-state index contributed by atoms with van der Waals surface area (Å²) in [4.78, 5) is 12.4. The molecule has 0 bridgehead atoms. The van der Waals surface area contributed by atoms with Gasteiger partial charge in [-0.3, -0.25) is 9.52 Å². The Morgan fingerprint density at radius 2 is 1.78 bits per heavy atom. The van der Waals surface area contributed by atoms with Crippen LogP contribution in [-0.2, 0) is 15.4 Å². The number of hydrogen-bond acceptors (Lipinski definition) is 4. The molecule has 0 aliphatic rings. The molecule has 3 N–H and O–H groups in total. The van der Waals surface area contributed by atoms with Crippen LogP contribution in [-0.4, -0.2) is 14.3 Å². The molecule has 2 aromatic rings. The number of anilines is 1. The SMILES string of the molecule is CC(C)(C)c1cc(NS(=O)(=O)c2ccc(F)cc2)c(C(N)=O)s1. The molecule has 0 unspecified atom stereocenters. The number of hydrogen-bond donors (Lipinski definition) is 2. The van der Waals surface area contributed by atoms with Gasteiger partial charge in [0.2, 0.25) is 0 Å². The first kappa shape index (κ1) is 17.4. The molecule has 0 aliphatic carbocycles. The molecule has 1 heterocycles. The number of nitrogens with two attached hydrogens (primary N) is 1. The summed E-state index contributed by atoms with van der Waals surface area (Å²) < 4.78 is 40.0. The average molecular weight is 356 g/mol. The minimum atomic E-state index is -3.94. The number of carbonyl (C=O) groups excluding carboxylic acids is 1.